The maximum absolute atomic E-state index is 12.6. The molecule has 0 radical (unpaired) electrons. The number of phenols is 1. The van der Waals surface area contributed by atoms with Gasteiger partial charge in [-0.3, -0.25) is 9.59 Å². The van der Waals surface area contributed by atoms with Crippen LogP contribution in [-0.2, 0) is 6.54 Å². The van der Waals surface area contributed by atoms with Crippen molar-refractivity contribution in [3.8, 4) is 5.75 Å². The largest absolute Gasteiger partial charge is 0.507 e. The number of carbonyl (C=O) groups is 1. The Bertz CT molecular complexity index is 1040. The van der Waals surface area contributed by atoms with Crippen molar-refractivity contribution in [1.82, 2.24) is 4.57 Å². The lowest BCUT2D eigenvalue weighted by molar-refractivity contribution is 0.102. The Morgan fingerprint density at radius 1 is 1.19 bits per heavy atom. The summed E-state index contributed by atoms with van der Waals surface area (Å²) in [6, 6.07) is 11.6. The lowest BCUT2D eigenvalue weighted by atomic mass is 10.1. The first kappa shape index (κ1) is 17.7. The second-order valence-electron chi connectivity index (χ2n) is 6.36. The minimum Gasteiger partial charge on any atom is -0.507 e. The average Bonchev–Trinajstić information content (AvgIpc) is 2.59. The predicted octanol–water partition coefficient (Wildman–Crippen LogP) is 2.65. The summed E-state index contributed by atoms with van der Waals surface area (Å²) in [4.78, 5) is 25.1. The van der Waals surface area contributed by atoms with E-state index in [0.29, 0.717) is 16.5 Å². The van der Waals surface area contributed by atoms with E-state index in [1.165, 1.54) is 10.6 Å². The fourth-order valence-electron chi connectivity index (χ4n) is 2.88. The van der Waals surface area contributed by atoms with Gasteiger partial charge in [-0.2, -0.15) is 0 Å². The van der Waals surface area contributed by atoms with Crippen LogP contribution in [-0.4, -0.2) is 26.8 Å². The van der Waals surface area contributed by atoms with Gasteiger partial charge in [-0.25, -0.2) is 0 Å². The quantitative estimate of drug-likeness (QED) is 0.673. The number of amides is 1. The number of anilines is 1. The number of pyridine rings is 1. The van der Waals surface area contributed by atoms with Crippen LogP contribution in [0.1, 0.15) is 22.8 Å². The van der Waals surface area contributed by atoms with Gasteiger partial charge in [-0.1, -0.05) is 17.7 Å². The molecule has 0 saturated carbocycles. The van der Waals surface area contributed by atoms with Gasteiger partial charge in [0.05, 0.1) is 18.2 Å². The number of aryl methyl sites for hydroxylation is 1. The van der Waals surface area contributed by atoms with Gasteiger partial charge < -0.3 is 20.1 Å². The molecule has 134 valence electrons. The molecule has 1 amide bonds. The van der Waals surface area contributed by atoms with E-state index in [4.69, 9.17) is 0 Å². The molecule has 0 aliphatic heterocycles. The number of aromatic hydroxyl groups is 1. The van der Waals surface area contributed by atoms with Crippen molar-refractivity contribution in [1.29, 1.82) is 0 Å². The van der Waals surface area contributed by atoms with Gasteiger partial charge in [0.2, 0.25) is 0 Å². The zero-order valence-corrected chi connectivity index (χ0v) is 14.6. The highest BCUT2D eigenvalue weighted by Crippen LogP contribution is 2.24. The van der Waals surface area contributed by atoms with Gasteiger partial charge in [0.25, 0.3) is 11.5 Å². The van der Waals surface area contributed by atoms with E-state index >= 15 is 0 Å². The third-order valence-corrected chi connectivity index (χ3v) is 4.12. The number of nitrogens with zero attached hydrogens (tertiary/aromatic N) is 1. The number of benzene rings is 2. The number of hydrogen-bond acceptors (Lipinski definition) is 4. The zero-order valence-electron chi connectivity index (χ0n) is 14.6. The summed E-state index contributed by atoms with van der Waals surface area (Å²) in [5.41, 5.74) is 1.27. The fraction of sp³-hybridized carbons (Fsp3) is 0.200. The predicted molar refractivity (Wildman–Crippen MR) is 101 cm³/mol. The molecular weight excluding hydrogens is 332 g/mol. The van der Waals surface area contributed by atoms with Crippen molar-refractivity contribution in [3.63, 3.8) is 0 Å². The van der Waals surface area contributed by atoms with Crippen LogP contribution in [0.3, 0.4) is 0 Å². The van der Waals surface area contributed by atoms with Gasteiger partial charge in [0, 0.05) is 22.7 Å². The highest BCUT2D eigenvalue weighted by Gasteiger charge is 2.14. The summed E-state index contributed by atoms with van der Waals surface area (Å²) in [5.74, 6) is -0.556. The van der Waals surface area contributed by atoms with Crippen molar-refractivity contribution >= 4 is 22.4 Å². The normalized spacial score (nSPS) is 12.1. The smallest absolute Gasteiger partial charge is 0.259 e. The van der Waals surface area contributed by atoms with Gasteiger partial charge in [-0.05, 0) is 44.2 Å². The maximum atomic E-state index is 12.6. The van der Waals surface area contributed by atoms with Gasteiger partial charge in [0.1, 0.15) is 5.75 Å². The van der Waals surface area contributed by atoms with Crippen molar-refractivity contribution in [2.75, 3.05) is 5.32 Å². The molecule has 0 spiro atoms. The summed E-state index contributed by atoms with van der Waals surface area (Å²) in [7, 11) is 0. The highest BCUT2D eigenvalue weighted by atomic mass is 16.3. The molecule has 1 heterocycles. The third kappa shape index (κ3) is 3.45. The minimum absolute atomic E-state index is 0.104. The van der Waals surface area contributed by atoms with Gasteiger partial charge >= 0.3 is 0 Å². The number of nitrogens with one attached hydrogen (secondary N) is 1. The van der Waals surface area contributed by atoms with Crippen molar-refractivity contribution in [2.45, 2.75) is 26.5 Å². The lowest BCUT2D eigenvalue weighted by Gasteiger charge is -2.12. The number of fused-ring (bicyclic) bond motifs is 1. The number of hydrogen-bond donors (Lipinski definition) is 3. The Hall–Kier alpha value is -3.12. The van der Waals surface area contributed by atoms with E-state index in [1.807, 2.05) is 6.92 Å². The first-order valence-corrected chi connectivity index (χ1v) is 8.28. The molecule has 3 rings (SSSR count). The van der Waals surface area contributed by atoms with Crippen LogP contribution in [0.5, 0.6) is 5.75 Å². The van der Waals surface area contributed by atoms with Crippen LogP contribution in [0.25, 0.3) is 10.8 Å². The van der Waals surface area contributed by atoms with E-state index in [9.17, 15) is 19.8 Å². The van der Waals surface area contributed by atoms with Crippen LogP contribution in [0.4, 0.5) is 5.69 Å². The SMILES string of the molecule is Cc1ccc(O)c(C(=O)Nc2cccc3c(=O)n(CC(C)O)ccc23)c1. The third-order valence-electron chi connectivity index (χ3n) is 4.12. The molecule has 0 saturated heterocycles. The van der Waals surface area contributed by atoms with Crippen LogP contribution in [0, 0.1) is 6.92 Å². The second-order valence-corrected chi connectivity index (χ2v) is 6.36. The number of phenolic OH excluding ortho intramolecular Hbond substituents is 1. The number of carbonyl (C=O) groups excluding carboxylic acids is 1. The monoisotopic (exact) mass is 352 g/mol. The standard InChI is InChI=1S/C20H20N2O4/c1-12-6-7-18(24)16(10-12)19(25)21-17-5-3-4-15-14(17)8-9-22(20(15)26)11-13(2)23/h3-10,13,23-24H,11H2,1-2H3,(H,21,25). The Labute approximate surface area is 150 Å². The van der Waals surface area contributed by atoms with E-state index in [-0.39, 0.29) is 23.4 Å². The molecule has 1 unspecified atom stereocenters. The van der Waals surface area contributed by atoms with Crippen LogP contribution >= 0.6 is 0 Å². The van der Waals surface area contributed by atoms with E-state index in [2.05, 4.69) is 5.32 Å². The molecule has 6 heteroatoms. The van der Waals surface area contributed by atoms with Crippen molar-refractivity contribution in [3.05, 3.63) is 70.1 Å². The van der Waals surface area contributed by atoms with Gasteiger partial charge in [-0.15, -0.1) is 0 Å². The molecule has 0 aliphatic carbocycles. The van der Waals surface area contributed by atoms with Crippen molar-refractivity contribution < 1.29 is 15.0 Å². The molecule has 0 fully saturated rings. The van der Waals surface area contributed by atoms with E-state index in [1.54, 1.807) is 49.5 Å². The molecule has 0 aliphatic rings. The molecule has 6 nitrogen and oxygen atoms in total. The summed E-state index contributed by atoms with van der Waals surface area (Å²) in [6.07, 6.45) is 0.953. The summed E-state index contributed by atoms with van der Waals surface area (Å²) in [5, 5.41) is 23.2. The molecule has 3 N–H and O–H groups in total. The Balaban J connectivity index is 2.01. The summed E-state index contributed by atoms with van der Waals surface area (Å²) in [6.45, 7) is 3.64. The Morgan fingerprint density at radius 2 is 1.96 bits per heavy atom. The first-order chi connectivity index (χ1) is 12.4. The molecule has 0 bridgehead atoms. The topological polar surface area (TPSA) is 91.6 Å². The lowest BCUT2D eigenvalue weighted by Crippen LogP contribution is -2.25. The molecule has 1 aromatic heterocycles. The minimum atomic E-state index is -0.641. The number of rotatable bonds is 4. The number of aliphatic hydroxyl groups is 1. The maximum Gasteiger partial charge on any atom is 0.259 e. The number of aliphatic hydroxyl groups excluding tert-OH is 1. The fourth-order valence-corrected chi connectivity index (χ4v) is 2.88. The molecular formula is C20H20N2O4. The highest BCUT2D eigenvalue weighted by molar-refractivity contribution is 6.10. The Morgan fingerprint density at radius 3 is 2.69 bits per heavy atom. The first-order valence-electron chi connectivity index (χ1n) is 8.28. The number of aromatic nitrogens is 1. The second kappa shape index (κ2) is 7.01. The van der Waals surface area contributed by atoms with Crippen LogP contribution in [0.2, 0.25) is 0 Å². The average molecular weight is 352 g/mol. The zero-order chi connectivity index (χ0) is 18.8. The van der Waals surface area contributed by atoms with Crippen LogP contribution in [0.15, 0.2) is 53.5 Å². The van der Waals surface area contributed by atoms with E-state index in [0.717, 1.165) is 5.56 Å². The van der Waals surface area contributed by atoms with Crippen molar-refractivity contribution in [2.24, 2.45) is 0 Å². The summed E-state index contributed by atoms with van der Waals surface area (Å²) >= 11 is 0. The van der Waals surface area contributed by atoms with Crippen LogP contribution < -0.4 is 10.9 Å². The molecule has 26 heavy (non-hydrogen) atoms. The molecule has 2 aromatic carbocycles. The van der Waals surface area contributed by atoms with Gasteiger partial charge in [0.15, 0.2) is 0 Å². The Kier molecular flexibility index (Phi) is 4.77. The molecule has 3 aromatic rings. The molecule has 1 atom stereocenters. The summed E-state index contributed by atoms with van der Waals surface area (Å²) < 4.78 is 1.44. The van der Waals surface area contributed by atoms with E-state index < -0.39 is 12.0 Å².